The van der Waals surface area contributed by atoms with Gasteiger partial charge in [0, 0.05) is 4.90 Å². The van der Waals surface area contributed by atoms with Crippen molar-refractivity contribution in [1.29, 1.82) is 0 Å². The molecule has 0 spiro atoms. The molecule has 0 aliphatic rings. The van der Waals surface area contributed by atoms with Crippen LogP contribution in [0, 0.1) is 0 Å². The van der Waals surface area contributed by atoms with Gasteiger partial charge in [0.15, 0.2) is 0 Å². The fourth-order valence-electron chi connectivity index (χ4n) is 1.45. The first-order valence-electron chi connectivity index (χ1n) is 5.36. The highest BCUT2D eigenvalue weighted by molar-refractivity contribution is 9.10. The molecule has 0 bridgehead atoms. The third kappa shape index (κ3) is 3.72. The summed E-state index contributed by atoms with van der Waals surface area (Å²) in [5.74, 6) is -0.245. The zero-order valence-corrected chi connectivity index (χ0v) is 13.1. The van der Waals surface area contributed by atoms with Crippen LogP contribution in [0.1, 0.15) is 10.4 Å². The van der Waals surface area contributed by atoms with Crippen LogP contribution in [0.4, 0.5) is 5.69 Å². The molecule has 0 unspecified atom stereocenters. The van der Waals surface area contributed by atoms with E-state index in [0.717, 1.165) is 4.90 Å². The number of pyridine rings is 1. The minimum absolute atomic E-state index is 0.245. The minimum atomic E-state index is -0.245. The molecule has 0 fully saturated rings. The molecule has 2 aromatic rings. The van der Waals surface area contributed by atoms with Crippen LogP contribution in [0.15, 0.2) is 46.0 Å². The highest BCUT2D eigenvalue weighted by Crippen LogP contribution is 2.24. The summed E-state index contributed by atoms with van der Waals surface area (Å²) in [4.78, 5) is 17.2. The maximum atomic E-state index is 12.1. The van der Waals surface area contributed by atoms with Crippen LogP contribution < -0.4 is 5.32 Å². The lowest BCUT2D eigenvalue weighted by Gasteiger charge is -2.07. The number of amides is 1. The molecule has 0 aliphatic carbocycles. The van der Waals surface area contributed by atoms with Gasteiger partial charge in [0.1, 0.15) is 4.60 Å². The number of aromatic nitrogens is 1. The second-order valence-electron chi connectivity index (χ2n) is 3.67. The van der Waals surface area contributed by atoms with Gasteiger partial charge in [-0.15, -0.1) is 11.8 Å². The van der Waals surface area contributed by atoms with Crippen molar-refractivity contribution in [3.8, 4) is 0 Å². The SMILES string of the molecule is CSc1ccc(Cl)c(C(=O)Nc2ccc(Br)nc2)c1. The zero-order chi connectivity index (χ0) is 13.8. The van der Waals surface area contributed by atoms with Gasteiger partial charge < -0.3 is 5.32 Å². The molecule has 0 atom stereocenters. The molecule has 1 aromatic heterocycles. The van der Waals surface area contributed by atoms with Gasteiger partial charge in [-0.1, -0.05) is 11.6 Å². The van der Waals surface area contributed by atoms with E-state index in [0.29, 0.717) is 20.9 Å². The standard InChI is InChI=1S/C13H10BrClN2OS/c1-19-9-3-4-11(15)10(6-9)13(18)17-8-2-5-12(14)16-7-8/h2-7H,1H3,(H,17,18). The predicted molar refractivity (Wildman–Crippen MR) is 83.1 cm³/mol. The van der Waals surface area contributed by atoms with E-state index in [9.17, 15) is 4.79 Å². The minimum Gasteiger partial charge on any atom is -0.321 e. The average molecular weight is 358 g/mol. The molecule has 6 heteroatoms. The van der Waals surface area contributed by atoms with Gasteiger partial charge in [-0.3, -0.25) is 4.79 Å². The number of benzene rings is 1. The summed E-state index contributed by atoms with van der Waals surface area (Å²) < 4.78 is 0.716. The number of nitrogens with zero attached hydrogens (tertiary/aromatic N) is 1. The first-order chi connectivity index (χ1) is 9.10. The van der Waals surface area contributed by atoms with E-state index in [-0.39, 0.29) is 5.91 Å². The van der Waals surface area contributed by atoms with Gasteiger partial charge in [-0.05, 0) is 52.5 Å². The third-order valence-electron chi connectivity index (χ3n) is 2.40. The maximum Gasteiger partial charge on any atom is 0.257 e. The van der Waals surface area contributed by atoms with E-state index in [1.807, 2.05) is 12.3 Å². The van der Waals surface area contributed by atoms with Crippen molar-refractivity contribution in [1.82, 2.24) is 4.98 Å². The average Bonchev–Trinajstić information content (AvgIpc) is 2.42. The molecular formula is C13H10BrClN2OS. The van der Waals surface area contributed by atoms with Crippen LogP contribution in [0.25, 0.3) is 0 Å². The van der Waals surface area contributed by atoms with Gasteiger partial charge in [-0.2, -0.15) is 0 Å². The Kier molecular flexibility index (Phi) is 4.85. The summed E-state index contributed by atoms with van der Waals surface area (Å²) in [6, 6.07) is 8.90. The lowest BCUT2D eigenvalue weighted by molar-refractivity contribution is 0.102. The Hall–Kier alpha value is -1.04. The second kappa shape index (κ2) is 6.41. The van der Waals surface area contributed by atoms with Crippen molar-refractivity contribution >= 4 is 50.9 Å². The number of rotatable bonds is 3. The Morgan fingerprint density at radius 1 is 1.37 bits per heavy atom. The summed E-state index contributed by atoms with van der Waals surface area (Å²) in [6.07, 6.45) is 3.53. The Morgan fingerprint density at radius 3 is 2.79 bits per heavy atom. The summed E-state index contributed by atoms with van der Waals surface area (Å²) in [7, 11) is 0. The quantitative estimate of drug-likeness (QED) is 0.651. The number of hydrogen-bond acceptors (Lipinski definition) is 3. The number of anilines is 1. The molecule has 98 valence electrons. The van der Waals surface area contributed by atoms with Crippen molar-refractivity contribution in [3.05, 3.63) is 51.7 Å². The fourth-order valence-corrected chi connectivity index (χ4v) is 2.33. The largest absolute Gasteiger partial charge is 0.321 e. The van der Waals surface area contributed by atoms with E-state index in [4.69, 9.17) is 11.6 Å². The highest BCUT2D eigenvalue weighted by atomic mass is 79.9. The van der Waals surface area contributed by atoms with E-state index in [1.165, 1.54) is 0 Å². The van der Waals surface area contributed by atoms with Crippen molar-refractivity contribution in [2.75, 3.05) is 11.6 Å². The molecule has 0 radical (unpaired) electrons. The normalized spacial score (nSPS) is 10.3. The molecule has 19 heavy (non-hydrogen) atoms. The zero-order valence-electron chi connectivity index (χ0n) is 9.98. The van der Waals surface area contributed by atoms with Crippen molar-refractivity contribution in [3.63, 3.8) is 0 Å². The van der Waals surface area contributed by atoms with Crippen LogP contribution in [0.3, 0.4) is 0 Å². The predicted octanol–water partition coefficient (Wildman–Crippen LogP) is 4.47. The lowest BCUT2D eigenvalue weighted by atomic mass is 10.2. The van der Waals surface area contributed by atoms with Crippen molar-refractivity contribution in [2.45, 2.75) is 4.90 Å². The summed E-state index contributed by atoms with van der Waals surface area (Å²) in [5, 5.41) is 3.19. The Balaban J connectivity index is 2.22. The topological polar surface area (TPSA) is 42.0 Å². The molecule has 0 aliphatic heterocycles. The third-order valence-corrected chi connectivity index (χ3v) is 3.93. The van der Waals surface area contributed by atoms with Crippen LogP contribution in [-0.2, 0) is 0 Å². The molecule has 0 saturated carbocycles. The lowest BCUT2D eigenvalue weighted by Crippen LogP contribution is -2.12. The van der Waals surface area contributed by atoms with Gasteiger partial charge >= 0.3 is 0 Å². The van der Waals surface area contributed by atoms with Gasteiger partial charge in [-0.25, -0.2) is 4.98 Å². The van der Waals surface area contributed by atoms with Crippen LogP contribution in [0.5, 0.6) is 0 Å². The van der Waals surface area contributed by atoms with Gasteiger partial charge in [0.2, 0.25) is 0 Å². The van der Waals surface area contributed by atoms with E-state index >= 15 is 0 Å². The molecule has 1 N–H and O–H groups in total. The monoisotopic (exact) mass is 356 g/mol. The Labute approximate surface area is 128 Å². The number of thioether (sulfide) groups is 1. The van der Waals surface area contributed by atoms with Crippen LogP contribution in [-0.4, -0.2) is 17.1 Å². The first-order valence-corrected chi connectivity index (χ1v) is 7.76. The molecule has 2 rings (SSSR count). The number of halogens is 2. The van der Waals surface area contributed by atoms with E-state index < -0.39 is 0 Å². The summed E-state index contributed by atoms with van der Waals surface area (Å²) in [6.45, 7) is 0. The second-order valence-corrected chi connectivity index (χ2v) is 5.77. The molecule has 0 saturated heterocycles. The van der Waals surface area contributed by atoms with Crippen molar-refractivity contribution < 1.29 is 4.79 Å². The van der Waals surface area contributed by atoms with Crippen LogP contribution >= 0.6 is 39.3 Å². The molecule has 1 heterocycles. The van der Waals surface area contributed by atoms with Gasteiger partial charge in [0.25, 0.3) is 5.91 Å². The molecule has 3 nitrogen and oxygen atoms in total. The maximum absolute atomic E-state index is 12.1. The summed E-state index contributed by atoms with van der Waals surface area (Å²) >= 11 is 10.8. The van der Waals surface area contributed by atoms with Gasteiger partial charge in [0.05, 0.1) is 22.5 Å². The number of carbonyl (C=O) groups excluding carboxylic acids is 1. The first kappa shape index (κ1) is 14.4. The molecule has 1 amide bonds. The molecule has 1 aromatic carbocycles. The smallest absolute Gasteiger partial charge is 0.257 e. The Morgan fingerprint density at radius 2 is 2.16 bits per heavy atom. The van der Waals surface area contributed by atoms with E-state index in [1.54, 1.807) is 42.2 Å². The van der Waals surface area contributed by atoms with Crippen molar-refractivity contribution in [2.24, 2.45) is 0 Å². The summed E-state index contributed by atoms with van der Waals surface area (Å²) in [5.41, 5.74) is 1.08. The highest BCUT2D eigenvalue weighted by Gasteiger charge is 2.11. The molecular weight excluding hydrogens is 348 g/mol. The number of carbonyl (C=O) groups is 1. The van der Waals surface area contributed by atoms with E-state index in [2.05, 4.69) is 26.2 Å². The fraction of sp³-hybridized carbons (Fsp3) is 0.0769. The Bertz CT molecular complexity index is 604. The number of hydrogen-bond donors (Lipinski definition) is 1. The number of nitrogens with one attached hydrogen (secondary N) is 1. The van der Waals surface area contributed by atoms with Crippen LogP contribution in [0.2, 0.25) is 5.02 Å².